The molecule has 2 aromatic rings. The Morgan fingerprint density at radius 3 is 2.25 bits per heavy atom. The van der Waals surface area contributed by atoms with Crippen LogP contribution < -0.4 is 0 Å². The number of aliphatic hydroxyl groups excluding tert-OH is 3. The molecule has 2 aromatic heterocycles. The van der Waals surface area contributed by atoms with Crippen LogP contribution in [0.15, 0.2) is 23.4 Å². The van der Waals surface area contributed by atoms with E-state index in [4.69, 9.17) is 28.4 Å². The summed E-state index contributed by atoms with van der Waals surface area (Å²) in [7, 11) is 1.60. The van der Waals surface area contributed by atoms with Gasteiger partial charge in [-0.1, -0.05) is 26.0 Å². The lowest BCUT2D eigenvalue weighted by atomic mass is 9.77. The van der Waals surface area contributed by atoms with E-state index in [1.54, 1.807) is 54.7 Å². The summed E-state index contributed by atoms with van der Waals surface area (Å²) in [5.74, 6) is -2.93. The number of alkyl halides is 1. The highest BCUT2D eigenvalue weighted by molar-refractivity contribution is 7.90. The van der Waals surface area contributed by atoms with Gasteiger partial charge in [0.1, 0.15) is 36.7 Å². The van der Waals surface area contributed by atoms with Crippen LogP contribution in [0.4, 0.5) is 4.39 Å². The Hall–Kier alpha value is -2.91. The lowest BCUT2D eigenvalue weighted by molar-refractivity contribution is -0.318. The quantitative estimate of drug-likeness (QED) is 0.160. The van der Waals surface area contributed by atoms with Gasteiger partial charge in [0.15, 0.2) is 27.4 Å². The van der Waals surface area contributed by atoms with Gasteiger partial charge in [0, 0.05) is 69.9 Å². The lowest BCUT2D eigenvalue weighted by Gasteiger charge is -2.49. The zero-order valence-electron chi connectivity index (χ0n) is 44.7. The van der Waals surface area contributed by atoms with Gasteiger partial charge in [-0.3, -0.25) is 4.79 Å². The molecule has 3 aliphatic heterocycles. The van der Waals surface area contributed by atoms with Crippen LogP contribution in [0.5, 0.6) is 0 Å². The van der Waals surface area contributed by atoms with E-state index in [0.29, 0.717) is 37.3 Å². The molecule has 21 nitrogen and oxygen atoms in total. The molecule has 0 bridgehead atoms. The number of esters is 1. The van der Waals surface area contributed by atoms with Crippen LogP contribution in [0.25, 0.3) is 0 Å². The molecule has 5 rings (SSSR count). The molecule has 0 saturated carbocycles. The minimum absolute atomic E-state index is 0.0724. The van der Waals surface area contributed by atoms with Gasteiger partial charge >= 0.3 is 5.97 Å². The first-order chi connectivity index (χ1) is 33.5. The van der Waals surface area contributed by atoms with E-state index in [0.717, 1.165) is 6.26 Å². The monoisotopic (exact) mass is 1050 g/mol. The number of hydrogen-bond acceptors (Lipinski definition) is 20. The summed E-state index contributed by atoms with van der Waals surface area (Å²) in [6, 6.07) is 0.932. The summed E-state index contributed by atoms with van der Waals surface area (Å²) in [4.78, 5) is 18.3. The number of sulfone groups is 1. The van der Waals surface area contributed by atoms with Gasteiger partial charge in [-0.25, -0.2) is 17.5 Å². The van der Waals surface area contributed by atoms with E-state index >= 15 is 0 Å². The minimum atomic E-state index is -3.55. The van der Waals surface area contributed by atoms with Crippen LogP contribution in [-0.4, -0.2) is 212 Å². The number of carbonyl (C=O) groups is 1. The molecule has 412 valence electrons. The highest BCUT2D eigenvalue weighted by Crippen LogP contribution is 2.40. The van der Waals surface area contributed by atoms with E-state index in [9.17, 15) is 43.1 Å². The summed E-state index contributed by atoms with van der Waals surface area (Å²) in [6.07, 6.45) is -6.52. The molecule has 3 saturated heterocycles. The predicted octanol–water partition coefficient (Wildman–Crippen LogP) is 2.05. The van der Waals surface area contributed by atoms with Crippen molar-refractivity contribution in [3.63, 3.8) is 0 Å². The van der Waals surface area contributed by atoms with E-state index in [-0.39, 0.29) is 36.6 Å². The standard InChI is InChI=1S/C49H84FN7O14S/c1-15-37-49(10,63)42(59)31(6)56(12)25-27(2)22-47(8,62)44(29(4)41(30(5)45(61)69-37)70-39-23-48(9,66-13)43(60)32(7)68-39)71-46-40(58)36(20-28(3)67-46)55(11)19-18-34-26-57(54-52-34)35(24-50)21-33-16-17-38(53-51-33)72(14,64)65/h16-17,26-32,35-37,39-44,46,58-60,62-63H,15,18-25H2,1-14H3/t27-,28-,29+,30-,31-,32+,35+,36+,37-,39+,40-,41+,42-,43+,44-,46+,47-,48-,49-/m1/s1. The van der Waals surface area contributed by atoms with E-state index in [1.165, 1.54) is 30.8 Å². The summed E-state index contributed by atoms with van der Waals surface area (Å²) >= 11 is 0. The molecule has 19 atom stereocenters. The zero-order chi connectivity index (χ0) is 53.8. The van der Waals surface area contributed by atoms with Crippen molar-refractivity contribution in [1.82, 2.24) is 35.0 Å². The number of aliphatic hydroxyl groups is 5. The molecule has 0 amide bonds. The number of rotatable bonds is 15. The van der Waals surface area contributed by atoms with Gasteiger partial charge in [0.05, 0.1) is 59.0 Å². The molecule has 3 aliphatic rings. The Morgan fingerprint density at radius 1 is 0.972 bits per heavy atom. The average Bonchev–Trinajstić information content (AvgIpc) is 3.79. The van der Waals surface area contributed by atoms with Crippen molar-refractivity contribution < 1.29 is 71.6 Å². The Labute approximate surface area is 424 Å². The predicted molar refractivity (Wildman–Crippen MR) is 261 cm³/mol. The average molecular weight is 1050 g/mol. The number of ether oxygens (including phenoxy) is 6. The summed E-state index contributed by atoms with van der Waals surface area (Å²) in [5.41, 5.74) is -3.68. The van der Waals surface area contributed by atoms with Gasteiger partial charge in [-0.2, -0.15) is 5.10 Å². The van der Waals surface area contributed by atoms with Crippen molar-refractivity contribution in [2.75, 3.05) is 47.2 Å². The number of methoxy groups -OCH3 is 1. The lowest BCUT2D eigenvalue weighted by Crippen LogP contribution is -2.61. The third kappa shape index (κ3) is 14.1. The molecule has 0 aromatic carbocycles. The fraction of sp³-hybridized carbons (Fsp3) is 0.857. The van der Waals surface area contributed by atoms with E-state index < -0.39 is 131 Å². The third-order valence-electron chi connectivity index (χ3n) is 15.5. The normalized spacial score (nSPS) is 39.8. The number of likely N-dealkylation sites (N-methyl/N-ethyl adjacent to an activating group) is 2. The summed E-state index contributed by atoms with van der Waals surface area (Å²) in [5, 5.41) is 75.6. The molecule has 0 spiro atoms. The van der Waals surface area contributed by atoms with E-state index in [2.05, 4.69) is 20.5 Å². The maximum atomic E-state index is 14.5. The molecule has 5 heterocycles. The maximum absolute atomic E-state index is 14.5. The Bertz CT molecular complexity index is 2160. The molecule has 0 unspecified atom stereocenters. The second kappa shape index (κ2) is 24.4. The van der Waals surface area contributed by atoms with Crippen LogP contribution in [0.1, 0.15) is 112 Å². The van der Waals surface area contributed by atoms with Crippen molar-refractivity contribution in [2.24, 2.45) is 17.8 Å². The highest BCUT2D eigenvalue weighted by atomic mass is 32.2. The number of cyclic esters (lactones) is 1. The first-order valence-corrected chi connectivity index (χ1v) is 27.1. The zero-order valence-corrected chi connectivity index (χ0v) is 45.5. The van der Waals surface area contributed by atoms with Gasteiger partial charge < -0.3 is 63.8 Å². The number of aromatic nitrogens is 5. The van der Waals surface area contributed by atoms with Crippen molar-refractivity contribution in [2.45, 2.75) is 209 Å². The molecular weight excluding hydrogens is 962 g/mol. The highest BCUT2D eigenvalue weighted by Gasteiger charge is 2.53. The number of hydrogen-bond donors (Lipinski definition) is 5. The van der Waals surface area contributed by atoms with Crippen molar-refractivity contribution >= 4 is 15.8 Å². The second-order valence-electron chi connectivity index (χ2n) is 21.8. The van der Waals surface area contributed by atoms with Crippen LogP contribution in [0, 0.1) is 17.8 Å². The van der Waals surface area contributed by atoms with Crippen molar-refractivity contribution in [3.8, 4) is 0 Å². The van der Waals surface area contributed by atoms with Gasteiger partial charge in [-0.05, 0) is 99.9 Å². The molecule has 5 N–H and O–H groups in total. The summed E-state index contributed by atoms with van der Waals surface area (Å²) < 4.78 is 77.6. The van der Waals surface area contributed by atoms with Crippen molar-refractivity contribution in [3.05, 3.63) is 29.7 Å². The fourth-order valence-corrected chi connectivity index (χ4v) is 11.3. The number of halogens is 1. The Kier molecular flexibility index (Phi) is 20.3. The van der Waals surface area contributed by atoms with Crippen LogP contribution in [0.3, 0.4) is 0 Å². The first kappa shape index (κ1) is 60.0. The van der Waals surface area contributed by atoms with Gasteiger partial charge in [-0.15, -0.1) is 10.2 Å². The van der Waals surface area contributed by atoms with E-state index in [1.807, 2.05) is 37.7 Å². The largest absolute Gasteiger partial charge is 0.459 e. The molecule has 0 aliphatic carbocycles. The molecule has 0 radical (unpaired) electrons. The summed E-state index contributed by atoms with van der Waals surface area (Å²) in [6.45, 7) is 17.3. The fourth-order valence-electron chi connectivity index (χ4n) is 10.8. The Morgan fingerprint density at radius 2 is 1.65 bits per heavy atom. The topological polar surface area (TPSA) is 271 Å². The molecular formula is C49H84FN7O14S. The maximum Gasteiger partial charge on any atom is 0.311 e. The third-order valence-corrected chi connectivity index (χ3v) is 16.4. The second-order valence-corrected chi connectivity index (χ2v) is 23.7. The first-order valence-electron chi connectivity index (χ1n) is 25.2. The number of carbonyl (C=O) groups excluding carboxylic acids is 1. The van der Waals surface area contributed by atoms with Crippen molar-refractivity contribution in [1.29, 1.82) is 0 Å². The van der Waals surface area contributed by atoms with Crippen LogP contribution >= 0.6 is 0 Å². The van der Waals surface area contributed by atoms with Crippen LogP contribution in [-0.2, 0) is 55.9 Å². The minimum Gasteiger partial charge on any atom is -0.459 e. The number of nitrogens with zero attached hydrogens (tertiary/aromatic N) is 7. The van der Waals surface area contributed by atoms with Gasteiger partial charge in [0.25, 0.3) is 0 Å². The molecule has 3 fully saturated rings. The Balaban J connectivity index is 1.43. The SMILES string of the molecule is CC[C@H]1OC(=O)[C@H](C)[C@@H](O[C@H]2C[C@@](C)(OC)[C@@H](O)[C@H](C)O2)[C@H](C)[C@@H](O[C@@H]2O[C@H](C)C[C@H](N(C)CCc3cn([C@H](CF)Cc4ccc(S(C)(=O)=O)nn4)nn3)[C@H]2O)[C@](C)(O)C[C@@H](C)CN(C)[C@H](C)[C@@H](O)[C@]1(C)O. The molecule has 23 heteroatoms. The van der Waals surface area contributed by atoms with Gasteiger partial charge in [0.2, 0.25) is 0 Å². The molecule has 72 heavy (non-hydrogen) atoms. The van der Waals surface area contributed by atoms with Crippen LogP contribution in [0.2, 0.25) is 0 Å². The smallest absolute Gasteiger partial charge is 0.311 e.